The molecule has 1 fully saturated rings. The van der Waals surface area contributed by atoms with E-state index in [0.717, 1.165) is 25.0 Å². The highest BCUT2D eigenvalue weighted by atomic mass is 16.5. The van der Waals surface area contributed by atoms with Crippen molar-refractivity contribution in [2.45, 2.75) is 18.9 Å². The molecule has 1 heterocycles. The summed E-state index contributed by atoms with van der Waals surface area (Å²) in [7, 11) is 0. The Morgan fingerprint density at radius 2 is 2.24 bits per heavy atom. The zero-order chi connectivity index (χ0) is 14.9. The molecule has 1 amide bonds. The number of rotatable bonds is 5. The summed E-state index contributed by atoms with van der Waals surface area (Å²) < 4.78 is 5.42. The zero-order valence-corrected chi connectivity index (χ0v) is 11.8. The zero-order valence-electron chi connectivity index (χ0n) is 11.8. The summed E-state index contributed by atoms with van der Waals surface area (Å²) in [6, 6.07) is 11.6. The number of hydrogen-bond donors (Lipinski definition) is 1. The molecule has 4 heteroatoms. The van der Waals surface area contributed by atoms with Crippen LogP contribution in [0.2, 0.25) is 0 Å². The Kier molecular flexibility index (Phi) is 5.74. The lowest BCUT2D eigenvalue weighted by Crippen LogP contribution is -2.32. The van der Waals surface area contributed by atoms with Crippen LogP contribution in [0.25, 0.3) is 6.08 Å². The lowest BCUT2D eigenvalue weighted by atomic mass is 10.2. The normalized spacial score (nSPS) is 18.6. The van der Waals surface area contributed by atoms with Crippen molar-refractivity contribution in [1.82, 2.24) is 5.32 Å². The van der Waals surface area contributed by atoms with E-state index in [0.29, 0.717) is 6.54 Å². The maximum atomic E-state index is 11.9. The van der Waals surface area contributed by atoms with Gasteiger partial charge < -0.3 is 10.1 Å². The molecule has 0 aliphatic carbocycles. The lowest BCUT2D eigenvalue weighted by Gasteiger charge is -2.09. The Hall–Kier alpha value is -2.38. The van der Waals surface area contributed by atoms with Gasteiger partial charge in [-0.15, -0.1) is 0 Å². The molecule has 1 aliphatic rings. The predicted octanol–water partition coefficient (Wildman–Crippen LogP) is 2.44. The van der Waals surface area contributed by atoms with Crippen LogP contribution < -0.4 is 5.32 Å². The van der Waals surface area contributed by atoms with E-state index in [9.17, 15) is 4.79 Å². The molecule has 4 nitrogen and oxygen atoms in total. The van der Waals surface area contributed by atoms with Crippen molar-refractivity contribution in [2.75, 3.05) is 13.2 Å². The predicted molar refractivity (Wildman–Crippen MR) is 81.2 cm³/mol. The summed E-state index contributed by atoms with van der Waals surface area (Å²) >= 11 is 0. The molecule has 0 radical (unpaired) electrons. The van der Waals surface area contributed by atoms with Crippen molar-refractivity contribution >= 4 is 12.0 Å². The second kappa shape index (κ2) is 8.03. The van der Waals surface area contributed by atoms with Crippen LogP contribution >= 0.6 is 0 Å². The lowest BCUT2D eigenvalue weighted by molar-refractivity contribution is -0.117. The summed E-state index contributed by atoms with van der Waals surface area (Å²) in [5.41, 5.74) is 1.12. The summed E-state index contributed by atoms with van der Waals surface area (Å²) in [5.74, 6) is -0.356. The number of allylic oxidation sites excluding steroid dienone is 2. The molecule has 2 rings (SSSR count). The maximum Gasteiger partial charge on any atom is 0.262 e. The number of carbonyl (C=O) groups is 1. The van der Waals surface area contributed by atoms with Crippen LogP contribution in [0.1, 0.15) is 18.4 Å². The quantitative estimate of drug-likeness (QED) is 0.512. The number of ether oxygens (including phenoxy) is 1. The van der Waals surface area contributed by atoms with E-state index < -0.39 is 0 Å². The number of nitrogens with zero attached hydrogens (tertiary/aromatic N) is 1. The Balaban J connectivity index is 1.88. The Bertz CT molecular complexity index is 564. The molecule has 108 valence electrons. The summed E-state index contributed by atoms with van der Waals surface area (Å²) in [5, 5.41) is 11.8. The molecule has 0 saturated carbocycles. The smallest absolute Gasteiger partial charge is 0.262 e. The number of nitrogens with one attached hydrogen (secondary N) is 1. The highest BCUT2D eigenvalue weighted by molar-refractivity contribution is 5.97. The average molecular weight is 282 g/mol. The summed E-state index contributed by atoms with van der Waals surface area (Å²) in [4.78, 5) is 11.9. The fourth-order valence-electron chi connectivity index (χ4n) is 2.09. The number of benzene rings is 1. The molecule has 1 N–H and O–H groups in total. The molecule has 0 aromatic heterocycles. The van der Waals surface area contributed by atoms with Gasteiger partial charge in [-0.2, -0.15) is 5.26 Å². The first-order valence-electron chi connectivity index (χ1n) is 7.03. The van der Waals surface area contributed by atoms with Crippen LogP contribution in [0.4, 0.5) is 0 Å². The first kappa shape index (κ1) is 15.0. The molecule has 1 aromatic carbocycles. The molecular formula is C17H18N2O2. The van der Waals surface area contributed by atoms with Crippen molar-refractivity contribution in [3.63, 3.8) is 0 Å². The maximum absolute atomic E-state index is 11.9. The van der Waals surface area contributed by atoms with Gasteiger partial charge in [0.2, 0.25) is 0 Å². The highest BCUT2D eigenvalue weighted by Crippen LogP contribution is 2.10. The monoisotopic (exact) mass is 282 g/mol. The second-order valence-electron chi connectivity index (χ2n) is 4.81. The van der Waals surface area contributed by atoms with Gasteiger partial charge in [0.1, 0.15) is 11.6 Å². The van der Waals surface area contributed by atoms with E-state index >= 15 is 0 Å². The van der Waals surface area contributed by atoms with Crippen LogP contribution in [0.15, 0.2) is 48.1 Å². The van der Waals surface area contributed by atoms with Gasteiger partial charge in [-0.1, -0.05) is 42.5 Å². The van der Waals surface area contributed by atoms with Gasteiger partial charge in [0.05, 0.1) is 6.10 Å². The molecule has 1 aliphatic heterocycles. The van der Waals surface area contributed by atoms with Gasteiger partial charge in [-0.3, -0.25) is 4.79 Å². The molecule has 1 saturated heterocycles. The molecule has 0 bridgehead atoms. The third-order valence-electron chi connectivity index (χ3n) is 3.23. The van der Waals surface area contributed by atoms with E-state index in [-0.39, 0.29) is 17.6 Å². The van der Waals surface area contributed by atoms with Gasteiger partial charge in [0.25, 0.3) is 5.91 Å². The van der Waals surface area contributed by atoms with E-state index in [4.69, 9.17) is 10.00 Å². The molecular weight excluding hydrogens is 264 g/mol. The first-order valence-corrected chi connectivity index (χ1v) is 7.03. The van der Waals surface area contributed by atoms with Crippen molar-refractivity contribution in [2.24, 2.45) is 0 Å². The van der Waals surface area contributed by atoms with Crippen LogP contribution in [-0.2, 0) is 9.53 Å². The first-order chi connectivity index (χ1) is 10.3. The third kappa shape index (κ3) is 4.90. The minimum atomic E-state index is -0.356. The average Bonchev–Trinajstić information content (AvgIpc) is 3.04. The van der Waals surface area contributed by atoms with Crippen molar-refractivity contribution < 1.29 is 9.53 Å². The minimum Gasteiger partial charge on any atom is -0.376 e. The van der Waals surface area contributed by atoms with Gasteiger partial charge >= 0.3 is 0 Å². The van der Waals surface area contributed by atoms with Gasteiger partial charge in [0, 0.05) is 13.2 Å². The number of carbonyl (C=O) groups excluding carboxylic acids is 1. The molecule has 0 spiro atoms. The largest absolute Gasteiger partial charge is 0.376 e. The van der Waals surface area contributed by atoms with E-state index in [1.54, 1.807) is 6.08 Å². The van der Waals surface area contributed by atoms with Crippen molar-refractivity contribution in [3.8, 4) is 6.07 Å². The fourth-order valence-corrected chi connectivity index (χ4v) is 2.09. The number of nitriles is 1. The molecule has 21 heavy (non-hydrogen) atoms. The van der Waals surface area contributed by atoms with Crippen LogP contribution in [-0.4, -0.2) is 25.2 Å². The van der Waals surface area contributed by atoms with E-state index in [2.05, 4.69) is 5.32 Å². The number of hydrogen-bond acceptors (Lipinski definition) is 3. The van der Waals surface area contributed by atoms with E-state index in [1.807, 2.05) is 42.5 Å². The molecule has 1 unspecified atom stereocenters. The Morgan fingerprint density at radius 1 is 1.43 bits per heavy atom. The highest BCUT2D eigenvalue weighted by Gasteiger charge is 2.17. The molecule has 1 atom stereocenters. The third-order valence-corrected chi connectivity index (χ3v) is 3.23. The van der Waals surface area contributed by atoms with Gasteiger partial charge in [-0.25, -0.2) is 0 Å². The second-order valence-corrected chi connectivity index (χ2v) is 4.81. The van der Waals surface area contributed by atoms with Crippen molar-refractivity contribution in [3.05, 3.63) is 53.6 Å². The standard InChI is InChI=1S/C17H18N2O2/c18-12-15(9-4-8-14-6-2-1-3-7-14)17(20)19-13-16-10-5-11-21-16/h1-4,6-9,16H,5,10-11,13H2,(H,19,20). The van der Waals surface area contributed by atoms with Crippen molar-refractivity contribution in [1.29, 1.82) is 5.26 Å². The van der Waals surface area contributed by atoms with E-state index in [1.165, 1.54) is 6.08 Å². The van der Waals surface area contributed by atoms with Crippen LogP contribution in [0.3, 0.4) is 0 Å². The minimum absolute atomic E-state index is 0.0775. The Morgan fingerprint density at radius 3 is 2.90 bits per heavy atom. The van der Waals surface area contributed by atoms with Gasteiger partial charge in [0.15, 0.2) is 0 Å². The van der Waals surface area contributed by atoms with Crippen LogP contribution in [0.5, 0.6) is 0 Å². The van der Waals surface area contributed by atoms with Gasteiger partial charge in [-0.05, 0) is 24.5 Å². The Labute approximate surface area is 124 Å². The molecule has 1 aromatic rings. The fraction of sp³-hybridized carbons (Fsp3) is 0.294. The number of amides is 1. The summed E-state index contributed by atoms with van der Waals surface area (Å²) in [6.45, 7) is 1.21. The van der Waals surface area contributed by atoms with Crippen LogP contribution in [0, 0.1) is 11.3 Å². The topological polar surface area (TPSA) is 62.1 Å². The SMILES string of the molecule is N#CC(=CC=Cc1ccccc1)C(=O)NCC1CCCO1. The summed E-state index contributed by atoms with van der Waals surface area (Å²) in [6.07, 6.45) is 7.15.